The molecule has 0 rings (SSSR count). The minimum atomic E-state index is -0.820. The van der Waals surface area contributed by atoms with Crippen LogP contribution >= 0.6 is 0 Å². The molecular formula is C74H116O6. The summed E-state index contributed by atoms with van der Waals surface area (Å²) in [7, 11) is 0. The third kappa shape index (κ3) is 63.6. The number of hydrogen-bond acceptors (Lipinski definition) is 6. The summed E-state index contributed by atoms with van der Waals surface area (Å²) in [6, 6.07) is 0. The van der Waals surface area contributed by atoms with Crippen molar-refractivity contribution < 1.29 is 28.6 Å². The molecule has 0 radical (unpaired) electrons. The summed E-state index contributed by atoms with van der Waals surface area (Å²) in [5.41, 5.74) is 0. The van der Waals surface area contributed by atoms with E-state index in [1.807, 2.05) is 0 Å². The Hall–Kier alpha value is -5.23. The molecule has 6 nitrogen and oxygen atoms in total. The molecule has 1 unspecified atom stereocenters. The van der Waals surface area contributed by atoms with Gasteiger partial charge in [-0.1, -0.05) is 268 Å². The van der Waals surface area contributed by atoms with Gasteiger partial charge in [-0.25, -0.2) is 0 Å². The lowest BCUT2D eigenvalue weighted by atomic mass is 10.1. The van der Waals surface area contributed by atoms with E-state index >= 15 is 0 Å². The largest absolute Gasteiger partial charge is 0.462 e. The summed E-state index contributed by atoms with van der Waals surface area (Å²) in [6.07, 6.45) is 98.1. The topological polar surface area (TPSA) is 78.9 Å². The molecule has 0 aromatic carbocycles. The Morgan fingerprint density at radius 3 is 0.812 bits per heavy atom. The minimum absolute atomic E-state index is 0.112. The van der Waals surface area contributed by atoms with Crippen LogP contribution in [0.1, 0.15) is 258 Å². The highest BCUT2D eigenvalue weighted by atomic mass is 16.6. The Balaban J connectivity index is 4.26. The number of carbonyl (C=O) groups is 3. The molecule has 0 aliphatic heterocycles. The molecule has 0 aliphatic rings. The third-order valence-electron chi connectivity index (χ3n) is 12.9. The first-order chi connectivity index (χ1) is 39.5. The lowest BCUT2D eigenvalue weighted by Crippen LogP contribution is -2.30. The second-order valence-electron chi connectivity index (χ2n) is 20.5. The van der Waals surface area contributed by atoms with Gasteiger partial charge < -0.3 is 14.2 Å². The molecule has 448 valence electrons. The fourth-order valence-electron chi connectivity index (χ4n) is 8.20. The summed E-state index contributed by atoms with van der Waals surface area (Å²) in [4.78, 5) is 38.1. The predicted octanol–water partition coefficient (Wildman–Crippen LogP) is 22.3. The van der Waals surface area contributed by atoms with Gasteiger partial charge in [0.25, 0.3) is 0 Å². The number of unbranched alkanes of at least 4 members (excludes halogenated alkanes) is 17. The van der Waals surface area contributed by atoms with E-state index in [2.05, 4.69) is 191 Å². The predicted molar refractivity (Wildman–Crippen MR) is 348 cm³/mol. The highest BCUT2D eigenvalue weighted by Gasteiger charge is 2.19. The Labute approximate surface area is 492 Å². The van der Waals surface area contributed by atoms with Crippen LogP contribution in [-0.4, -0.2) is 37.2 Å². The van der Waals surface area contributed by atoms with E-state index < -0.39 is 6.10 Å². The molecule has 0 heterocycles. The van der Waals surface area contributed by atoms with Crippen LogP contribution in [0.5, 0.6) is 0 Å². The van der Waals surface area contributed by atoms with E-state index in [9.17, 15) is 14.4 Å². The van der Waals surface area contributed by atoms with Crippen molar-refractivity contribution in [2.45, 2.75) is 264 Å². The van der Waals surface area contributed by atoms with Crippen LogP contribution in [0.25, 0.3) is 0 Å². The van der Waals surface area contributed by atoms with E-state index in [4.69, 9.17) is 14.2 Å². The molecule has 0 aliphatic carbocycles. The van der Waals surface area contributed by atoms with Crippen molar-refractivity contribution in [1.82, 2.24) is 0 Å². The highest BCUT2D eigenvalue weighted by Crippen LogP contribution is 2.14. The molecule has 0 saturated heterocycles. The molecule has 0 spiro atoms. The number of rotatable bonds is 56. The maximum absolute atomic E-state index is 12.8. The zero-order chi connectivity index (χ0) is 57.8. The number of ether oxygens (including phenoxy) is 3. The van der Waals surface area contributed by atoms with Crippen LogP contribution in [0.3, 0.4) is 0 Å². The summed E-state index contributed by atoms with van der Waals surface area (Å²) < 4.78 is 16.8. The Bertz CT molecular complexity index is 1840. The van der Waals surface area contributed by atoms with Crippen LogP contribution in [-0.2, 0) is 28.6 Å². The van der Waals surface area contributed by atoms with E-state index in [1.165, 1.54) is 57.8 Å². The molecule has 0 amide bonds. The van der Waals surface area contributed by atoms with Crippen molar-refractivity contribution in [2.75, 3.05) is 13.2 Å². The smallest absolute Gasteiger partial charge is 0.306 e. The van der Waals surface area contributed by atoms with E-state index in [0.29, 0.717) is 19.3 Å². The summed E-state index contributed by atoms with van der Waals surface area (Å²) >= 11 is 0. The normalized spacial score (nSPS) is 13.3. The average Bonchev–Trinajstić information content (AvgIpc) is 3.46. The first-order valence-electron chi connectivity index (χ1n) is 32.1. The van der Waals surface area contributed by atoms with Crippen LogP contribution in [0.15, 0.2) is 170 Å². The van der Waals surface area contributed by atoms with Gasteiger partial charge in [0.15, 0.2) is 6.10 Å². The molecule has 80 heavy (non-hydrogen) atoms. The number of carbonyl (C=O) groups excluding carboxylic acids is 3. The van der Waals surface area contributed by atoms with Gasteiger partial charge in [-0.3, -0.25) is 14.4 Å². The average molecular weight is 1100 g/mol. The SMILES string of the molecule is CC/C=C\C/C=C\C/C=C\C/C=C\C/C=C\C/C=C\C/C=C\C/C=C\CCCCCCCCCCCCC(=O)OCC(COC(=O)CCCCCCC/C=C\CCC)OC(=O)CCC/C=C\C/C=C\C/C=C\C/C=C\C/C=C\CC. The van der Waals surface area contributed by atoms with E-state index in [1.54, 1.807) is 0 Å². The zero-order valence-electron chi connectivity index (χ0n) is 51.3. The first kappa shape index (κ1) is 74.8. The van der Waals surface area contributed by atoms with Crippen LogP contribution < -0.4 is 0 Å². The van der Waals surface area contributed by atoms with E-state index in [-0.39, 0.29) is 37.5 Å². The van der Waals surface area contributed by atoms with Gasteiger partial charge >= 0.3 is 17.9 Å². The lowest BCUT2D eigenvalue weighted by molar-refractivity contribution is -0.167. The van der Waals surface area contributed by atoms with Gasteiger partial charge in [0.1, 0.15) is 13.2 Å². The number of hydrogen-bond donors (Lipinski definition) is 0. The highest BCUT2D eigenvalue weighted by molar-refractivity contribution is 5.71. The molecule has 0 aromatic rings. The monoisotopic (exact) mass is 1100 g/mol. The summed E-state index contributed by atoms with van der Waals surface area (Å²) in [6.45, 7) is 6.28. The molecule has 0 bridgehead atoms. The van der Waals surface area contributed by atoms with Crippen molar-refractivity contribution in [2.24, 2.45) is 0 Å². The molecule has 1 atom stereocenters. The Kier molecular flexibility index (Phi) is 61.9. The van der Waals surface area contributed by atoms with Crippen molar-refractivity contribution in [3.05, 3.63) is 170 Å². The van der Waals surface area contributed by atoms with Crippen molar-refractivity contribution >= 4 is 17.9 Å². The van der Waals surface area contributed by atoms with Gasteiger partial charge in [0, 0.05) is 19.3 Å². The maximum atomic E-state index is 12.8. The van der Waals surface area contributed by atoms with Crippen molar-refractivity contribution in [1.29, 1.82) is 0 Å². The second kappa shape index (κ2) is 66.3. The Morgan fingerprint density at radius 1 is 0.263 bits per heavy atom. The van der Waals surface area contributed by atoms with Gasteiger partial charge in [-0.2, -0.15) is 0 Å². The second-order valence-corrected chi connectivity index (χ2v) is 20.5. The fraction of sp³-hybridized carbons (Fsp3) is 0.581. The molecule has 6 heteroatoms. The molecule has 0 N–H and O–H groups in total. The van der Waals surface area contributed by atoms with Gasteiger partial charge in [-0.15, -0.1) is 0 Å². The molecule has 0 aromatic heterocycles. The number of esters is 3. The molecular weight excluding hydrogens is 985 g/mol. The van der Waals surface area contributed by atoms with Gasteiger partial charge in [0.2, 0.25) is 0 Å². The summed E-state index contributed by atoms with van der Waals surface area (Å²) in [5, 5.41) is 0. The van der Waals surface area contributed by atoms with Crippen LogP contribution in [0.4, 0.5) is 0 Å². The van der Waals surface area contributed by atoms with Crippen LogP contribution in [0.2, 0.25) is 0 Å². The third-order valence-corrected chi connectivity index (χ3v) is 12.9. The quantitative estimate of drug-likeness (QED) is 0.0261. The zero-order valence-corrected chi connectivity index (χ0v) is 51.3. The fourth-order valence-corrected chi connectivity index (χ4v) is 8.20. The maximum Gasteiger partial charge on any atom is 0.306 e. The van der Waals surface area contributed by atoms with Gasteiger partial charge in [0.05, 0.1) is 0 Å². The molecule has 0 fully saturated rings. The lowest BCUT2D eigenvalue weighted by Gasteiger charge is -2.18. The first-order valence-corrected chi connectivity index (χ1v) is 32.1. The summed E-state index contributed by atoms with van der Waals surface area (Å²) in [5.74, 6) is -0.992. The van der Waals surface area contributed by atoms with E-state index in [0.717, 1.165) is 154 Å². The minimum Gasteiger partial charge on any atom is -0.462 e. The van der Waals surface area contributed by atoms with Crippen molar-refractivity contribution in [3.63, 3.8) is 0 Å². The van der Waals surface area contributed by atoms with Gasteiger partial charge in [-0.05, 0) is 141 Å². The van der Waals surface area contributed by atoms with Crippen molar-refractivity contribution in [3.8, 4) is 0 Å². The standard InChI is InChI=1S/C74H116O6/c1-4-7-10-13-16-19-22-24-26-28-29-30-31-32-33-34-35-36-37-38-39-40-41-42-43-44-45-47-48-50-52-55-58-61-64-67-73(76)79-70-71(69-78-72(75)66-63-60-57-54-21-18-15-12-9-6-3)80-74(77)68-65-62-59-56-53-51-49-46-27-25-23-20-17-14-11-8-5-2/h7-8,10-12,15-17,19-20,24-27,29-30,32-33,35-36,38-39,41-42,49,51,56,59,71H,4-6,9,13-14,18,21-23,28,31,34,37,40,43-48,50,52-55,57-58,60-70H2,1-3H3/b10-7-,11-8-,15-12-,19-16-,20-17-,26-24-,27-25-,30-29-,33-32-,36-35-,39-38-,42-41-,51-49-,59-56-. The Morgan fingerprint density at radius 2 is 0.500 bits per heavy atom. The molecule has 0 saturated carbocycles. The number of allylic oxidation sites excluding steroid dienone is 28. The van der Waals surface area contributed by atoms with Crippen LogP contribution in [0, 0.1) is 0 Å².